The Labute approximate surface area is 111 Å². The van der Waals surface area contributed by atoms with Crippen LogP contribution in [0.3, 0.4) is 0 Å². The fourth-order valence-corrected chi connectivity index (χ4v) is 2.73. The summed E-state index contributed by atoms with van der Waals surface area (Å²) in [6.07, 6.45) is 3.65. The van der Waals surface area contributed by atoms with Gasteiger partial charge in [0.05, 0.1) is 12.3 Å². The van der Waals surface area contributed by atoms with Crippen molar-refractivity contribution >= 4 is 21.6 Å². The monoisotopic (exact) mass is 265 g/mol. The van der Waals surface area contributed by atoms with Crippen molar-refractivity contribution in [3.05, 3.63) is 23.5 Å². The third-order valence-electron chi connectivity index (χ3n) is 2.83. The minimum Gasteiger partial charge on any atom is -0.383 e. The zero-order valence-corrected chi connectivity index (χ0v) is 11.7. The average molecular weight is 265 g/mol. The summed E-state index contributed by atoms with van der Waals surface area (Å²) < 4.78 is 5.26. The molecule has 0 saturated carbocycles. The van der Waals surface area contributed by atoms with Crippen LogP contribution in [-0.4, -0.2) is 36.3 Å². The first kappa shape index (κ1) is 13.4. The smallest absolute Gasteiger partial charge is 0.126 e. The van der Waals surface area contributed by atoms with Gasteiger partial charge >= 0.3 is 0 Å². The van der Waals surface area contributed by atoms with Crippen molar-refractivity contribution in [2.75, 3.05) is 20.3 Å². The molecule has 18 heavy (non-hydrogen) atoms. The van der Waals surface area contributed by atoms with Gasteiger partial charge in [0.2, 0.25) is 0 Å². The van der Waals surface area contributed by atoms with Crippen LogP contribution >= 0.6 is 11.3 Å². The van der Waals surface area contributed by atoms with Crippen molar-refractivity contribution in [2.45, 2.75) is 25.8 Å². The van der Waals surface area contributed by atoms with Gasteiger partial charge in [0.1, 0.15) is 11.2 Å². The van der Waals surface area contributed by atoms with Crippen LogP contribution < -0.4 is 5.32 Å². The molecule has 0 aliphatic rings. The van der Waals surface area contributed by atoms with Gasteiger partial charge in [0.25, 0.3) is 0 Å². The molecule has 1 atom stereocenters. The fraction of sp³-hybridized carbons (Fsp3) is 0.538. The largest absolute Gasteiger partial charge is 0.383 e. The first-order chi connectivity index (χ1) is 8.85. The molecule has 1 unspecified atom stereocenters. The zero-order chi connectivity index (χ0) is 12.8. The summed E-state index contributed by atoms with van der Waals surface area (Å²) in [6, 6.07) is 2.41. The highest BCUT2D eigenvalue weighted by Crippen LogP contribution is 2.21. The number of thiophene rings is 1. The molecule has 0 bridgehead atoms. The Kier molecular flexibility index (Phi) is 5.04. The molecule has 2 aromatic rings. The summed E-state index contributed by atoms with van der Waals surface area (Å²) in [5.41, 5.74) is 1.10. The molecule has 5 heteroatoms. The van der Waals surface area contributed by atoms with Crippen LogP contribution in [0.15, 0.2) is 17.8 Å². The van der Waals surface area contributed by atoms with Crippen molar-refractivity contribution in [3.63, 3.8) is 0 Å². The van der Waals surface area contributed by atoms with Crippen LogP contribution in [0.5, 0.6) is 0 Å². The Bertz CT molecular complexity index is 486. The number of aromatic nitrogens is 2. The van der Waals surface area contributed by atoms with Gasteiger partial charge in [-0.3, -0.25) is 0 Å². The van der Waals surface area contributed by atoms with Crippen molar-refractivity contribution in [1.29, 1.82) is 0 Å². The standard InChI is InChI=1S/C13H19N3OS/c1-3-5-14-10(8-17-2)7-12-11-4-6-18-13(11)16-9-15-12/h4,6,9-10,14H,3,5,7-8H2,1-2H3. The summed E-state index contributed by atoms with van der Waals surface area (Å²) in [5.74, 6) is 0. The zero-order valence-electron chi connectivity index (χ0n) is 10.8. The molecule has 0 spiro atoms. The van der Waals surface area contributed by atoms with Gasteiger partial charge in [-0.05, 0) is 24.4 Å². The number of nitrogens with one attached hydrogen (secondary N) is 1. The maximum Gasteiger partial charge on any atom is 0.126 e. The lowest BCUT2D eigenvalue weighted by Crippen LogP contribution is -2.36. The van der Waals surface area contributed by atoms with Crippen LogP contribution in [0.4, 0.5) is 0 Å². The molecule has 0 fully saturated rings. The number of hydrogen-bond donors (Lipinski definition) is 1. The minimum absolute atomic E-state index is 0.313. The van der Waals surface area contributed by atoms with E-state index in [1.165, 1.54) is 5.39 Å². The van der Waals surface area contributed by atoms with Crippen LogP contribution in [0.1, 0.15) is 19.0 Å². The SMILES string of the molecule is CCCNC(COC)Cc1ncnc2sccc12. The first-order valence-electron chi connectivity index (χ1n) is 6.24. The Morgan fingerprint density at radius 1 is 1.44 bits per heavy atom. The Morgan fingerprint density at radius 3 is 3.11 bits per heavy atom. The molecular formula is C13H19N3OS. The van der Waals surface area contributed by atoms with E-state index in [0.717, 1.165) is 29.9 Å². The van der Waals surface area contributed by atoms with E-state index in [1.54, 1.807) is 24.8 Å². The summed E-state index contributed by atoms with van der Waals surface area (Å²) in [4.78, 5) is 9.74. The lowest BCUT2D eigenvalue weighted by molar-refractivity contribution is 0.166. The average Bonchev–Trinajstić information content (AvgIpc) is 2.85. The van der Waals surface area contributed by atoms with E-state index >= 15 is 0 Å². The number of hydrogen-bond acceptors (Lipinski definition) is 5. The number of methoxy groups -OCH3 is 1. The molecule has 0 saturated heterocycles. The van der Waals surface area contributed by atoms with Crippen molar-refractivity contribution in [2.24, 2.45) is 0 Å². The second-order valence-electron chi connectivity index (χ2n) is 4.27. The number of fused-ring (bicyclic) bond motifs is 1. The quantitative estimate of drug-likeness (QED) is 0.834. The van der Waals surface area contributed by atoms with Gasteiger partial charge in [-0.15, -0.1) is 11.3 Å². The van der Waals surface area contributed by atoms with E-state index in [1.807, 2.05) is 0 Å². The third kappa shape index (κ3) is 3.25. The molecule has 0 radical (unpaired) electrons. The van der Waals surface area contributed by atoms with Gasteiger partial charge < -0.3 is 10.1 Å². The highest BCUT2D eigenvalue weighted by Gasteiger charge is 2.12. The second kappa shape index (κ2) is 6.78. The molecule has 0 aliphatic carbocycles. The van der Waals surface area contributed by atoms with Gasteiger partial charge in [0.15, 0.2) is 0 Å². The summed E-state index contributed by atoms with van der Waals surface area (Å²) in [7, 11) is 1.74. The van der Waals surface area contributed by atoms with E-state index in [9.17, 15) is 0 Å². The number of nitrogens with zero attached hydrogens (tertiary/aromatic N) is 2. The van der Waals surface area contributed by atoms with Crippen molar-refractivity contribution in [3.8, 4) is 0 Å². The molecule has 0 aliphatic heterocycles. The molecular weight excluding hydrogens is 246 g/mol. The second-order valence-corrected chi connectivity index (χ2v) is 5.16. The number of rotatable bonds is 7. The Morgan fingerprint density at radius 2 is 2.33 bits per heavy atom. The van der Waals surface area contributed by atoms with Gasteiger partial charge in [-0.25, -0.2) is 9.97 Å². The van der Waals surface area contributed by atoms with E-state index in [2.05, 4.69) is 33.7 Å². The lowest BCUT2D eigenvalue weighted by atomic mass is 10.1. The van der Waals surface area contributed by atoms with Crippen LogP contribution in [-0.2, 0) is 11.2 Å². The lowest BCUT2D eigenvalue weighted by Gasteiger charge is -2.17. The Hall–Kier alpha value is -1.04. The maximum atomic E-state index is 5.26. The van der Waals surface area contributed by atoms with E-state index < -0.39 is 0 Å². The molecule has 1 N–H and O–H groups in total. The van der Waals surface area contributed by atoms with Gasteiger partial charge in [-0.1, -0.05) is 6.92 Å². The highest BCUT2D eigenvalue weighted by atomic mass is 32.1. The predicted octanol–water partition coefficient (Wildman–Crippen LogP) is 2.25. The molecule has 4 nitrogen and oxygen atoms in total. The van der Waals surface area contributed by atoms with Crippen molar-refractivity contribution in [1.82, 2.24) is 15.3 Å². The van der Waals surface area contributed by atoms with Crippen LogP contribution in [0.2, 0.25) is 0 Å². The molecule has 2 rings (SSSR count). The summed E-state index contributed by atoms with van der Waals surface area (Å²) >= 11 is 1.66. The minimum atomic E-state index is 0.313. The first-order valence-corrected chi connectivity index (χ1v) is 7.12. The summed E-state index contributed by atoms with van der Waals surface area (Å²) in [5, 5.41) is 6.73. The fourth-order valence-electron chi connectivity index (χ4n) is 1.98. The number of ether oxygens (including phenoxy) is 1. The molecule has 2 aromatic heterocycles. The van der Waals surface area contributed by atoms with E-state index in [4.69, 9.17) is 4.74 Å². The molecule has 98 valence electrons. The summed E-state index contributed by atoms with van der Waals surface area (Å²) in [6.45, 7) is 3.88. The van der Waals surface area contributed by atoms with E-state index in [0.29, 0.717) is 12.6 Å². The van der Waals surface area contributed by atoms with Crippen LogP contribution in [0, 0.1) is 0 Å². The van der Waals surface area contributed by atoms with E-state index in [-0.39, 0.29) is 0 Å². The topological polar surface area (TPSA) is 47.0 Å². The Balaban J connectivity index is 2.12. The predicted molar refractivity (Wildman–Crippen MR) is 75.1 cm³/mol. The van der Waals surface area contributed by atoms with Crippen LogP contribution in [0.25, 0.3) is 10.2 Å². The molecule has 0 aromatic carbocycles. The highest BCUT2D eigenvalue weighted by molar-refractivity contribution is 7.16. The van der Waals surface area contributed by atoms with Gasteiger partial charge in [0, 0.05) is 25.0 Å². The van der Waals surface area contributed by atoms with Gasteiger partial charge in [-0.2, -0.15) is 0 Å². The molecule has 2 heterocycles. The molecule has 0 amide bonds. The van der Waals surface area contributed by atoms with Crippen molar-refractivity contribution < 1.29 is 4.74 Å². The third-order valence-corrected chi connectivity index (χ3v) is 3.66. The normalized spacial score (nSPS) is 13.0. The maximum absolute atomic E-state index is 5.26.